The van der Waals surface area contributed by atoms with E-state index >= 15 is 0 Å². The van der Waals surface area contributed by atoms with Crippen LogP contribution in [0.25, 0.3) is 0 Å². The molecule has 0 atom stereocenters. The number of hydrogen-bond acceptors (Lipinski definition) is 4. The summed E-state index contributed by atoms with van der Waals surface area (Å²) < 4.78 is 0. The van der Waals surface area contributed by atoms with Gasteiger partial charge in [-0.1, -0.05) is 5.43 Å². The largest absolute Gasteiger partial charge is 0.292 e. The number of carbonyl (C=O) groups is 1. The van der Waals surface area contributed by atoms with Gasteiger partial charge in [0.1, 0.15) is 0 Å². The van der Waals surface area contributed by atoms with E-state index in [2.05, 4.69) is 10.3 Å². The molecule has 7 nitrogen and oxygen atoms in total. The van der Waals surface area contributed by atoms with Crippen molar-refractivity contribution in [3.63, 3.8) is 0 Å². The monoisotopic (exact) mass is 158 g/mol. The van der Waals surface area contributed by atoms with Crippen molar-refractivity contribution in [1.82, 2.24) is 10.7 Å². The number of carbonyl (C=O) groups excluding carboxylic acids is 1. The van der Waals surface area contributed by atoms with Gasteiger partial charge in [-0.15, -0.1) is 0 Å². The Morgan fingerprint density at radius 3 is 3.00 bits per heavy atom. The predicted octanol–water partition coefficient (Wildman–Crippen LogP) is -1.36. The highest BCUT2D eigenvalue weighted by atomic mass is 16.7. The molecule has 0 radical (unpaired) electrons. The average molecular weight is 158 g/mol. The summed E-state index contributed by atoms with van der Waals surface area (Å²) >= 11 is 0. The molecule has 0 unspecified atom stereocenters. The maximum atomic E-state index is 10.6. The van der Waals surface area contributed by atoms with E-state index in [9.17, 15) is 14.9 Å². The molecule has 1 aliphatic rings. The van der Waals surface area contributed by atoms with Crippen LogP contribution in [-0.2, 0) is 4.79 Å². The molecular weight excluding hydrogens is 152 g/mol. The van der Waals surface area contributed by atoms with Gasteiger partial charge in [-0.3, -0.25) is 10.1 Å². The second-order valence-corrected chi connectivity index (χ2v) is 1.90. The van der Waals surface area contributed by atoms with Gasteiger partial charge >= 0.3 is 0 Å². The third kappa shape index (κ3) is 2.20. The topological polar surface area (TPSA) is 96.6 Å². The zero-order valence-corrected chi connectivity index (χ0v) is 5.53. The van der Waals surface area contributed by atoms with Gasteiger partial charge in [-0.2, -0.15) is 0 Å². The van der Waals surface area contributed by atoms with E-state index in [0.717, 1.165) is 0 Å². The van der Waals surface area contributed by atoms with Crippen LogP contribution in [0.4, 0.5) is 0 Å². The highest BCUT2D eigenvalue weighted by molar-refractivity contribution is 5.98. The van der Waals surface area contributed by atoms with Crippen molar-refractivity contribution in [3.05, 3.63) is 10.1 Å². The SMILES string of the molecule is O=C1CCN=C(N[N+](=O)[O-])N1. The van der Waals surface area contributed by atoms with Crippen molar-refractivity contribution in [1.29, 1.82) is 0 Å². The van der Waals surface area contributed by atoms with E-state index in [1.54, 1.807) is 5.43 Å². The Balaban J connectivity index is 2.51. The summed E-state index contributed by atoms with van der Waals surface area (Å²) in [7, 11) is 0. The lowest BCUT2D eigenvalue weighted by Crippen LogP contribution is -2.46. The summed E-state index contributed by atoms with van der Waals surface area (Å²) in [6.45, 7) is 0.294. The lowest BCUT2D eigenvalue weighted by Gasteiger charge is -2.09. The number of hydrazine groups is 1. The lowest BCUT2D eigenvalue weighted by molar-refractivity contribution is -0.525. The quantitative estimate of drug-likeness (QED) is 0.364. The molecule has 0 bridgehead atoms. The van der Waals surface area contributed by atoms with Crippen LogP contribution in [0.2, 0.25) is 0 Å². The Hall–Kier alpha value is -1.66. The van der Waals surface area contributed by atoms with Gasteiger partial charge in [0.15, 0.2) is 5.03 Å². The normalized spacial score (nSPS) is 16.7. The second-order valence-electron chi connectivity index (χ2n) is 1.90. The molecule has 11 heavy (non-hydrogen) atoms. The average Bonchev–Trinajstić information content (AvgIpc) is 1.85. The van der Waals surface area contributed by atoms with Gasteiger partial charge in [0, 0.05) is 6.42 Å². The maximum absolute atomic E-state index is 10.6. The van der Waals surface area contributed by atoms with Gasteiger partial charge in [0.05, 0.1) is 6.54 Å². The first kappa shape index (κ1) is 7.45. The molecule has 0 aromatic heterocycles. The van der Waals surface area contributed by atoms with Gasteiger partial charge in [0.2, 0.25) is 5.91 Å². The van der Waals surface area contributed by atoms with Crippen molar-refractivity contribution in [2.45, 2.75) is 6.42 Å². The van der Waals surface area contributed by atoms with Crippen LogP contribution >= 0.6 is 0 Å². The van der Waals surface area contributed by atoms with Crippen LogP contribution in [0.5, 0.6) is 0 Å². The standard InChI is InChI=1S/C4H6N4O3/c9-3-1-2-5-4(6-3)7-8(10)11/h1-2H2,(H2,5,6,7,9). The van der Waals surface area contributed by atoms with Gasteiger partial charge in [-0.25, -0.2) is 15.1 Å². The molecule has 2 N–H and O–H groups in total. The summed E-state index contributed by atoms with van der Waals surface area (Å²) in [6.07, 6.45) is 0.281. The van der Waals surface area contributed by atoms with Crippen molar-refractivity contribution in [2.24, 2.45) is 4.99 Å². The second kappa shape index (κ2) is 2.95. The number of nitrogens with one attached hydrogen (secondary N) is 2. The van der Waals surface area contributed by atoms with E-state index in [0.29, 0.717) is 6.54 Å². The first-order chi connectivity index (χ1) is 5.18. The summed E-state index contributed by atoms with van der Waals surface area (Å²) in [4.78, 5) is 24.1. The molecule has 0 fully saturated rings. The zero-order chi connectivity index (χ0) is 8.27. The molecule has 1 heterocycles. The third-order valence-electron chi connectivity index (χ3n) is 1.06. The molecule has 0 spiro atoms. The summed E-state index contributed by atoms with van der Waals surface area (Å²) in [5.41, 5.74) is 1.75. The fourth-order valence-corrected chi connectivity index (χ4v) is 0.653. The van der Waals surface area contributed by atoms with Crippen LogP contribution in [0.15, 0.2) is 4.99 Å². The summed E-state index contributed by atoms with van der Waals surface area (Å²) in [5.74, 6) is -0.351. The van der Waals surface area contributed by atoms with Crippen LogP contribution in [0.3, 0.4) is 0 Å². The predicted molar refractivity (Wildman–Crippen MR) is 35.2 cm³/mol. The number of aliphatic imine (C=N–C) groups is 1. The molecule has 1 amide bonds. The molecule has 0 saturated heterocycles. The Bertz CT molecular complexity index is 223. The number of nitro groups is 1. The smallest absolute Gasteiger partial charge is 0.260 e. The molecule has 1 rings (SSSR count). The number of rotatable bonds is 1. The summed E-state index contributed by atoms with van der Waals surface area (Å²) in [5, 5.41) is 11.3. The number of guanidine groups is 1. The van der Waals surface area contributed by atoms with E-state index < -0.39 is 5.03 Å². The lowest BCUT2D eigenvalue weighted by atomic mass is 10.4. The van der Waals surface area contributed by atoms with E-state index in [4.69, 9.17) is 0 Å². The van der Waals surface area contributed by atoms with E-state index in [1.807, 2.05) is 0 Å². The van der Waals surface area contributed by atoms with Crippen LogP contribution in [0.1, 0.15) is 6.42 Å². The third-order valence-corrected chi connectivity index (χ3v) is 1.06. The van der Waals surface area contributed by atoms with Crippen LogP contribution in [0, 0.1) is 10.1 Å². The Morgan fingerprint density at radius 2 is 2.45 bits per heavy atom. The molecule has 0 aromatic carbocycles. The summed E-state index contributed by atoms with van der Waals surface area (Å²) in [6, 6.07) is 0. The van der Waals surface area contributed by atoms with Crippen molar-refractivity contribution < 1.29 is 9.83 Å². The Labute approximate surface area is 61.6 Å². The van der Waals surface area contributed by atoms with Crippen LogP contribution in [-0.4, -0.2) is 23.4 Å². The molecular formula is C4H6N4O3. The van der Waals surface area contributed by atoms with E-state index in [-0.39, 0.29) is 18.3 Å². The first-order valence-corrected chi connectivity index (χ1v) is 2.94. The Kier molecular flexibility index (Phi) is 2.00. The van der Waals surface area contributed by atoms with Crippen molar-refractivity contribution in [3.8, 4) is 0 Å². The minimum absolute atomic E-state index is 0.0914. The molecule has 1 aliphatic heterocycles. The minimum atomic E-state index is -0.773. The first-order valence-electron chi connectivity index (χ1n) is 2.94. The molecule has 60 valence electrons. The molecule has 0 saturated carbocycles. The molecule has 7 heteroatoms. The zero-order valence-electron chi connectivity index (χ0n) is 5.53. The highest BCUT2D eigenvalue weighted by Gasteiger charge is 2.13. The molecule has 0 aliphatic carbocycles. The van der Waals surface area contributed by atoms with Crippen LogP contribution < -0.4 is 10.7 Å². The van der Waals surface area contributed by atoms with Gasteiger partial charge in [-0.05, 0) is 0 Å². The number of amides is 1. The van der Waals surface area contributed by atoms with Gasteiger partial charge in [0.25, 0.3) is 5.96 Å². The van der Waals surface area contributed by atoms with Crippen molar-refractivity contribution >= 4 is 11.9 Å². The highest BCUT2D eigenvalue weighted by Crippen LogP contribution is 1.88. The number of hydrogen-bond donors (Lipinski definition) is 2. The van der Waals surface area contributed by atoms with Gasteiger partial charge < -0.3 is 0 Å². The Morgan fingerprint density at radius 1 is 1.73 bits per heavy atom. The fraction of sp³-hybridized carbons (Fsp3) is 0.500. The maximum Gasteiger partial charge on any atom is 0.260 e. The van der Waals surface area contributed by atoms with E-state index in [1.165, 1.54) is 0 Å². The molecule has 0 aromatic rings. The number of nitrogens with zero attached hydrogens (tertiary/aromatic N) is 2. The fourth-order valence-electron chi connectivity index (χ4n) is 0.653. The minimum Gasteiger partial charge on any atom is -0.292 e. The van der Waals surface area contributed by atoms with Crippen molar-refractivity contribution in [2.75, 3.05) is 6.54 Å².